The summed E-state index contributed by atoms with van der Waals surface area (Å²) in [6, 6.07) is 0. The van der Waals surface area contributed by atoms with Crippen LogP contribution in [-0.4, -0.2) is 45.6 Å². The fraction of sp³-hybridized carbons (Fsp3) is 0.667. The Morgan fingerprint density at radius 2 is 2.37 bits per heavy atom. The van der Waals surface area contributed by atoms with E-state index in [1.165, 1.54) is 23.6 Å². The fourth-order valence-corrected chi connectivity index (χ4v) is 4.31. The maximum Gasteiger partial charge on any atom is 0.242 e. The molecule has 2 rings (SSSR count). The molecule has 0 aromatic carbocycles. The van der Waals surface area contributed by atoms with Crippen LogP contribution in [0.25, 0.3) is 0 Å². The largest absolute Gasteiger partial charge is 0.476 e. The number of nitrogens with one attached hydrogen (secondary N) is 1. The lowest BCUT2D eigenvalue weighted by atomic mass is 10.4. The zero-order valence-electron chi connectivity index (χ0n) is 11.1. The van der Waals surface area contributed by atoms with Crippen LogP contribution >= 0.6 is 23.5 Å². The Morgan fingerprint density at radius 1 is 1.47 bits per heavy atom. The van der Waals surface area contributed by atoms with Gasteiger partial charge in [0, 0.05) is 29.1 Å². The lowest BCUT2D eigenvalue weighted by Gasteiger charge is -2.21. The monoisotopic (exact) mass is 300 g/mol. The SMILES string of the molecule is CCCOc1ncnc(NCC2CSCCS2)c1N. The van der Waals surface area contributed by atoms with Crippen molar-refractivity contribution in [2.45, 2.75) is 18.6 Å². The summed E-state index contributed by atoms with van der Waals surface area (Å²) in [4.78, 5) is 8.25. The van der Waals surface area contributed by atoms with Crippen molar-refractivity contribution in [3.8, 4) is 5.88 Å². The van der Waals surface area contributed by atoms with E-state index in [2.05, 4.69) is 22.2 Å². The van der Waals surface area contributed by atoms with E-state index in [-0.39, 0.29) is 0 Å². The van der Waals surface area contributed by atoms with Gasteiger partial charge in [-0.3, -0.25) is 0 Å². The van der Waals surface area contributed by atoms with Gasteiger partial charge in [0.15, 0.2) is 5.82 Å². The molecule has 106 valence electrons. The third-order valence-electron chi connectivity index (χ3n) is 2.67. The third kappa shape index (κ3) is 4.35. The molecule has 0 saturated carbocycles. The van der Waals surface area contributed by atoms with Crippen molar-refractivity contribution >= 4 is 35.0 Å². The molecule has 0 amide bonds. The van der Waals surface area contributed by atoms with E-state index < -0.39 is 0 Å². The second-order valence-electron chi connectivity index (χ2n) is 4.24. The van der Waals surface area contributed by atoms with E-state index in [0.717, 1.165) is 13.0 Å². The molecular weight excluding hydrogens is 280 g/mol. The highest BCUT2D eigenvalue weighted by atomic mass is 32.2. The Morgan fingerprint density at radius 3 is 3.11 bits per heavy atom. The fourth-order valence-electron chi connectivity index (χ4n) is 1.70. The predicted molar refractivity (Wildman–Crippen MR) is 84.3 cm³/mol. The van der Waals surface area contributed by atoms with Crippen LogP contribution in [0.3, 0.4) is 0 Å². The number of rotatable bonds is 6. The molecule has 5 nitrogen and oxygen atoms in total. The molecule has 1 aliphatic heterocycles. The number of nitrogens with zero attached hydrogens (tertiary/aromatic N) is 2. The van der Waals surface area contributed by atoms with E-state index in [1.807, 2.05) is 23.5 Å². The lowest BCUT2D eigenvalue weighted by Crippen LogP contribution is -2.24. The highest BCUT2D eigenvalue weighted by Gasteiger charge is 2.15. The Bertz CT molecular complexity index is 399. The number of nitrogen functional groups attached to an aromatic ring is 1. The Labute approximate surface area is 122 Å². The van der Waals surface area contributed by atoms with Crippen LogP contribution in [0.15, 0.2) is 6.33 Å². The number of aromatic nitrogens is 2. The van der Waals surface area contributed by atoms with E-state index in [4.69, 9.17) is 10.5 Å². The van der Waals surface area contributed by atoms with Crippen molar-refractivity contribution in [3.63, 3.8) is 0 Å². The molecule has 0 aliphatic carbocycles. The van der Waals surface area contributed by atoms with Crippen molar-refractivity contribution in [2.24, 2.45) is 0 Å². The number of hydrogen-bond donors (Lipinski definition) is 2. The zero-order chi connectivity index (χ0) is 13.5. The summed E-state index contributed by atoms with van der Waals surface area (Å²) in [6.07, 6.45) is 2.43. The Balaban J connectivity index is 1.91. The van der Waals surface area contributed by atoms with E-state index in [9.17, 15) is 0 Å². The number of nitrogens with two attached hydrogens (primary N) is 1. The molecule has 1 atom stereocenters. The molecule has 1 fully saturated rings. The summed E-state index contributed by atoms with van der Waals surface area (Å²) in [5, 5.41) is 3.93. The summed E-state index contributed by atoms with van der Waals surface area (Å²) in [5.74, 6) is 4.82. The molecule has 1 aromatic rings. The number of ether oxygens (including phenoxy) is 1. The molecule has 0 spiro atoms. The predicted octanol–water partition coefficient (Wildman–Crippen LogP) is 2.11. The number of thioether (sulfide) groups is 2. The molecule has 1 unspecified atom stereocenters. The van der Waals surface area contributed by atoms with E-state index >= 15 is 0 Å². The second-order valence-corrected chi connectivity index (χ2v) is 6.80. The minimum atomic E-state index is 0.477. The average molecular weight is 300 g/mol. The lowest BCUT2D eigenvalue weighted by molar-refractivity contribution is 0.306. The van der Waals surface area contributed by atoms with Crippen LogP contribution in [0.2, 0.25) is 0 Å². The molecule has 1 aromatic heterocycles. The van der Waals surface area contributed by atoms with Gasteiger partial charge >= 0.3 is 0 Å². The molecule has 19 heavy (non-hydrogen) atoms. The summed E-state index contributed by atoms with van der Waals surface area (Å²) in [5.41, 5.74) is 6.52. The molecule has 3 N–H and O–H groups in total. The van der Waals surface area contributed by atoms with Gasteiger partial charge in [0.25, 0.3) is 0 Å². The first-order valence-electron chi connectivity index (χ1n) is 6.47. The summed E-state index contributed by atoms with van der Waals surface area (Å²) in [7, 11) is 0. The smallest absolute Gasteiger partial charge is 0.242 e. The van der Waals surface area contributed by atoms with Crippen molar-refractivity contribution in [2.75, 3.05) is 41.5 Å². The minimum Gasteiger partial charge on any atom is -0.476 e. The van der Waals surface area contributed by atoms with Crippen LogP contribution in [0.1, 0.15) is 13.3 Å². The molecule has 0 bridgehead atoms. The zero-order valence-corrected chi connectivity index (χ0v) is 12.7. The minimum absolute atomic E-state index is 0.477. The Kier molecular flexibility index (Phi) is 5.91. The summed E-state index contributed by atoms with van der Waals surface area (Å²) < 4.78 is 5.49. The first-order chi connectivity index (χ1) is 9.31. The molecule has 0 radical (unpaired) electrons. The van der Waals surface area contributed by atoms with E-state index in [0.29, 0.717) is 29.2 Å². The first-order valence-corrected chi connectivity index (χ1v) is 8.68. The van der Waals surface area contributed by atoms with Crippen LogP contribution < -0.4 is 15.8 Å². The van der Waals surface area contributed by atoms with Gasteiger partial charge in [-0.25, -0.2) is 4.98 Å². The first kappa shape index (κ1) is 14.6. The van der Waals surface area contributed by atoms with Gasteiger partial charge in [-0.15, -0.1) is 0 Å². The van der Waals surface area contributed by atoms with Gasteiger partial charge < -0.3 is 15.8 Å². The maximum atomic E-state index is 6.02. The second kappa shape index (κ2) is 7.69. The Hall–Kier alpha value is -0.820. The van der Waals surface area contributed by atoms with Crippen molar-refractivity contribution in [1.29, 1.82) is 0 Å². The maximum absolute atomic E-state index is 6.02. The van der Waals surface area contributed by atoms with Gasteiger partial charge in [0.1, 0.15) is 12.0 Å². The van der Waals surface area contributed by atoms with E-state index in [1.54, 1.807) is 0 Å². The molecule has 2 heterocycles. The van der Waals surface area contributed by atoms with Crippen molar-refractivity contribution < 1.29 is 4.74 Å². The summed E-state index contributed by atoms with van der Waals surface area (Å²) >= 11 is 4.01. The van der Waals surface area contributed by atoms with Crippen LogP contribution in [0, 0.1) is 0 Å². The number of hydrogen-bond acceptors (Lipinski definition) is 7. The molecule has 7 heteroatoms. The standard InChI is InChI=1S/C12H20N4OS2/c1-2-3-17-12-10(13)11(15-8-16-12)14-6-9-7-18-4-5-19-9/h8-9H,2-7,13H2,1H3,(H,14,15,16). The molecular formula is C12H20N4OS2. The van der Waals surface area contributed by atoms with Gasteiger partial charge in [-0.1, -0.05) is 6.92 Å². The van der Waals surface area contributed by atoms with Gasteiger partial charge in [-0.05, 0) is 6.42 Å². The van der Waals surface area contributed by atoms with Gasteiger partial charge in [-0.2, -0.15) is 28.5 Å². The van der Waals surface area contributed by atoms with Crippen molar-refractivity contribution in [3.05, 3.63) is 6.33 Å². The highest BCUT2D eigenvalue weighted by molar-refractivity contribution is 8.06. The topological polar surface area (TPSA) is 73.1 Å². The molecule has 1 saturated heterocycles. The molecule has 1 aliphatic rings. The average Bonchev–Trinajstić information content (AvgIpc) is 2.46. The third-order valence-corrected chi connectivity index (χ3v) is 5.52. The van der Waals surface area contributed by atoms with Crippen LogP contribution in [0.4, 0.5) is 11.5 Å². The van der Waals surface area contributed by atoms with Crippen molar-refractivity contribution in [1.82, 2.24) is 9.97 Å². The van der Waals surface area contributed by atoms with Crippen LogP contribution in [-0.2, 0) is 0 Å². The summed E-state index contributed by atoms with van der Waals surface area (Å²) in [6.45, 7) is 3.55. The quantitative estimate of drug-likeness (QED) is 0.833. The van der Waals surface area contributed by atoms with Gasteiger partial charge in [0.05, 0.1) is 6.61 Å². The van der Waals surface area contributed by atoms with Crippen LogP contribution in [0.5, 0.6) is 5.88 Å². The number of anilines is 2. The van der Waals surface area contributed by atoms with Gasteiger partial charge in [0.2, 0.25) is 5.88 Å². The normalized spacial score (nSPS) is 19.1. The highest BCUT2D eigenvalue weighted by Crippen LogP contribution is 2.27.